The molecule has 136 valence electrons. The predicted octanol–water partition coefficient (Wildman–Crippen LogP) is 5.46. The summed E-state index contributed by atoms with van der Waals surface area (Å²) in [5.74, 6) is 0.994. The van der Waals surface area contributed by atoms with Crippen molar-refractivity contribution in [3.8, 4) is 17.2 Å². The van der Waals surface area contributed by atoms with E-state index in [4.69, 9.17) is 9.73 Å². The average Bonchev–Trinajstić information content (AvgIpc) is 2.87. The molecule has 4 nitrogen and oxygen atoms in total. The van der Waals surface area contributed by atoms with Gasteiger partial charge < -0.3 is 14.9 Å². The van der Waals surface area contributed by atoms with Crippen molar-refractivity contribution in [3.63, 3.8) is 0 Å². The molecule has 1 heterocycles. The van der Waals surface area contributed by atoms with E-state index in [1.807, 2.05) is 42.5 Å². The first kappa shape index (κ1) is 17.5. The van der Waals surface area contributed by atoms with Crippen LogP contribution in [0.15, 0.2) is 76.6 Å². The van der Waals surface area contributed by atoms with Gasteiger partial charge in [0.05, 0.1) is 18.5 Å². The Balaban J connectivity index is 1.81. The van der Waals surface area contributed by atoms with E-state index in [1.54, 1.807) is 37.1 Å². The van der Waals surface area contributed by atoms with E-state index in [9.17, 15) is 10.2 Å². The number of para-hydroxylation sites is 1. The molecule has 0 aliphatic carbocycles. The van der Waals surface area contributed by atoms with Gasteiger partial charge in [0.25, 0.3) is 0 Å². The zero-order valence-corrected chi connectivity index (χ0v) is 15.6. The number of aliphatic imine (C=N–C) groups is 1. The number of hydrogen-bond acceptors (Lipinski definition) is 5. The van der Waals surface area contributed by atoms with Crippen LogP contribution in [0.3, 0.4) is 0 Å². The van der Waals surface area contributed by atoms with Crippen LogP contribution >= 0.6 is 11.8 Å². The van der Waals surface area contributed by atoms with Gasteiger partial charge in [-0.2, -0.15) is 0 Å². The van der Waals surface area contributed by atoms with Crippen molar-refractivity contribution in [1.29, 1.82) is 0 Å². The van der Waals surface area contributed by atoms with Crippen LogP contribution in [0, 0.1) is 0 Å². The second-order valence-corrected chi connectivity index (χ2v) is 7.56. The Morgan fingerprint density at radius 2 is 1.85 bits per heavy atom. The topological polar surface area (TPSA) is 62.0 Å². The lowest BCUT2D eigenvalue weighted by molar-refractivity contribution is 0.407. The average molecular weight is 377 g/mol. The predicted molar refractivity (Wildman–Crippen MR) is 109 cm³/mol. The van der Waals surface area contributed by atoms with Crippen molar-refractivity contribution in [3.05, 3.63) is 77.9 Å². The molecule has 3 aromatic rings. The first-order chi connectivity index (χ1) is 13.1. The van der Waals surface area contributed by atoms with E-state index in [0.29, 0.717) is 17.7 Å². The van der Waals surface area contributed by atoms with E-state index in [-0.39, 0.29) is 16.7 Å². The Hall–Kier alpha value is -2.92. The number of hydrogen-bond donors (Lipinski definition) is 2. The molecule has 0 fully saturated rings. The number of nitrogens with zero attached hydrogens (tertiary/aromatic N) is 1. The summed E-state index contributed by atoms with van der Waals surface area (Å²) in [7, 11) is 1.57. The van der Waals surface area contributed by atoms with Crippen LogP contribution in [0.2, 0.25) is 0 Å². The molecule has 0 saturated heterocycles. The second-order valence-electron chi connectivity index (χ2n) is 6.31. The molecule has 0 aromatic heterocycles. The number of methoxy groups -OCH3 is 1. The third-order valence-corrected chi connectivity index (χ3v) is 5.85. The van der Waals surface area contributed by atoms with Crippen LogP contribution in [0.25, 0.3) is 0 Å². The number of ether oxygens (including phenoxy) is 1. The maximum Gasteiger partial charge on any atom is 0.128 e. The standard InChI is InChI=1S/C22H19NO3S/c1-26-16-9-10-17(20(25)12-16)19-13-22(14-5-4-6-15(24)11-14)27-21-8-3-2-7-18(21)23-19/h2-12,22,24-25H,13H2,1H3/t22-/m1/s1. The fraction of sp³-hybridized carbons (Fsp3) is 0.136. The minimum atomic E-state index is 0.0704. The summed E-state index contributed by atoms with van der Waals surface area (Å²) in [6.07, 6.45) is 0.628. The maximum atomic E-state index is 10.5. The van der Waals surface area contributed by atoms with Crippen LogP contribution in [0.1, 0.15) is 22.8 Å². The molecule has 0 saturated carbocycles. The van der Waals surface area contributed by atoms with E-state index < -0.39 is 0 Å². The number of rotatable bonds is 3. The normalized spacial score (nSPS) is 16.2. The largest absolute Gasteiger partial charge is 0.508 e. The number of phenolic OH excluding ortho intramolecular Hbond substituents is 2. The van der Waals surface area contributed by atoms with Gasteiger partial charge in [0.2, 0.25) is 0 Å². The molecule has 0 unspecified atom stereocenters. The van der Waals surface area contributed by atoms with Crippen LogP contribution in [-0.4, -0.2) is 23.0 Å². The van der Waals surface area contributed by atoms with Gasteiger partial charge in [0, 0.05) is 28.2 Å². The minimum Gasteiger partial charge on any atom is -0.508 e. The van der Waals surface area contributed by atoms with E-state index in [2.05, 4.69) is 6.07 Å². The van der Waals surface area contributed by atoms with Gasteiger partial charge in [-0.05, 0) is 42.0 Å². The zero-order chi connectivity index (χ0) is 18.8. The Kier molecular flexibility index (Phi) is 4.77. The molecule has 27 heavy (non-hydrogen) atoms. The summed E-state index contributed by atoms with van der Waals surface area (Å²) >= 11 is 1.72. The summed E-state index contributed by atoms with van der Waals surface area (Å²) in [5, 5.41) is 20.5. The number of fused-ring (bicyclic) bond motifs is 1. The lowest BCUT2D eigenvalue weighted by atomic mass is 10.00. The summed E-state index contributed by atoms with van der Waals surface area (Å²) in [5.41, 5.74) is 3.41. The van der Waals surface area contributed by atoms with Crippen LogP contribution in [0.5, 0.6) is 17.2 Å². The molecular formula is C22H19NO3S. The molecule has 5 heteroatoms. The van der Waals surface area contributed by atoms with Gasteiger partial charge in [0.15, 0.2) is 0 Å². The maximum absolute atomic E-state index is 10.5. The molecular weight excluding hydrogens is 358 g/mol. The first-order valence-corrected chi connectivity index (χ1v) is 9.51. The lowest BCUT2D eigenvalue weighted by Crippen LogP contribution is -2.06. The number of thioether (sulfide) groups is 1. The highest BCUT2D eigenvalue weighted by Gasteiger charge is 2.24. The van der Waals surface area contributed by atoms with Crippen molar-refractivity contribution < 1.29 is 14.9 Å². The van der Waals surface area contributed by atoms with Gasteiger partial charge in [0.1, 0.15) is 17.2 Å². The van der Waals surface area contributed by atoms with Gasteiger partial charge in [-0.3, -0.25) is 4.99 Å². The Morgan fingerprint density at radius 3 is 2.63 bits per heavy atom. The van der Waals surface area contributed by atoms with Crippen molar-refractivity contribution in [2.24, 2.45) is 4.99 Å². The molecule has 0 bridgehead atoms. The molecule has 0 radical (unpaired) electrons. The Bertz CT molecular complexity index is 1020. The monoisotopic (exact) mass is 377 g/mol. The molecule has 1 aliphatic heterocycles. The number of aromatic hydroxyl groups is 2. The van der Waals surface area contributed by atoms with Crippen LogP contribution < -0.4 is 4.74 Å². The van der Waals surface area contributed by atoms with E-state index in [1.165, 1.54) is 0 Å². The minimum absolute atomic E-state index is 0.0704. The number of phenols is 2. The Labute approximate surface area is 162 Å². The summed E-state index contributed by atoms with van der Waals surface area (Å²) in [4.78, 5) is 5.93. The quantitative estimate of drug-likeness (QED) is 0.636. The van der Waals surface area contributed by atoms with Crippen molar-refractivity contribution in [1.82, 2.24) is 0 Å². The summed E-state index contributed by atoms with van der Waals surface area (Å²) in [6, 6.07) is 20.6. The lowest BCUT2D eigenvalue weighted by Gasteiger charge is -2.17. The zero-order valence-electron chi connectivity index (χ0n) is 14.8. The third kappa shape index (κ3) is 3.64. The summed E-state index contributed by atoms with van der Waals surface area (Å²) < 4.78 is 5.19. The fourth-order valence-electron chi connectivity index (χ4n) is 3.17. The second kappa shape index (κ2) is 7.37. The van der Waals surface area contributed by atoms with Gasteiger partial charge in [-0.25, -0.2) is 0 Å². The molecule has 4 rings (SSSR count). The smallest absolute Gasteiger partial charge is 0.128 e. The van der Waals surface area contributed by atoms with Crippen molar-refractivity contribution in [2.45, 2.75) is 16.6 Å². The highest BCUT2D eigenvalue weighted by atomic mass is 32.2. The molecule has 3 aromatic carbocycles. The molecule has 2 N–H and O–H groups in total. The SMILES string of the molecule is COc1ccc(C2=Nc3ccccc3S[C@@H](c3cccc(O)c3)C2)c(O)c1. The van der Waals surface area contributed by atoms with Gasteiger partial charge in [-0.15, -0.1) is 11.8 Å². The molecule has 0 amide bonds. The van der Waals surface area contributed by atoms with Crippen molar-refractivity contribution >= 4 is 23.2 Å². The number of benzene rings is 3. The highest BCUT2D eigenvalue weighted by molar-refractivity contribution is 7.99. The van der Waals surface area contributed by atoms with Gasteiger partial charge >= 0.3 is 0 Å². The Morgan fingerprint density at radius 1 is 1.00 bits per heavy atom. The molecule has 1 atom stereocenters. The van der Waals surface area contributed by atoms with Gasteiger partial charge in [-0.1, -0.05) is 24.3 Å². The third-order valence-electron chi connectivity index (χ3n) is 4.53. The van der Waals surface area contributed by atoms with Crippen molar-refractivity contribution in [2.75, 3.05) is 7.11 Å². The molecule has 0 spiro atoms. The highest BCUT2D eigenvalue weighted by Crippen LogP contribution is 2.46. The van der Waals surface area contributed by atoms with Crippen LogP contribution in [0.4, 0.5) is 5.69 Å². The first-order valence-electron chi connectivity index (χ1n) is 8.63. The fourth-order valence-corrected chi connectivity index (χ4v) is 4.40. The van der Waals surface area contributed by atoms with Crippen LogP contribution in [-0.2, 0) is 0 Å². The molecule has 1 aliphatic rings. The van der Waals surface area contributed by atoms with E-state index in [0.717, 1.165) is 21.9 Å². The van der Waals surface area contributed by atoms with E-state index >= 15 is 0 Å². The summed E-state index contributed by atoms with van der Waals surface area (Å²) in [6.45, 7) is 0.